The summed E-state index contributed by atoms with van der Waals surface area (Å²) >= 11 is 0. The van der Waals surface area contributed by atoms with Crippen molar-refractivity contribution in [3.63, 3.8) is 0 Å². The maximum absolute atomic E-state index is 3.47. The Bertz CT molecular complexity index is 94.1. The fourth-order valence-corrected chi connectivity index (χ4v) is 1.23. The molecule has 0 fully saturated rings. The first-order valence-corrected chi connectivity index (χ1v) is 5.70. The van der Waals surface area contributed by atoms with Crippen LogP contribution in [0.25, 0.3) is 0 Å². The first kappa shape index (κ1) is 12.9. The molecule has 0 radical (unpaired) electrons. The largest absolute Gasteiger partial charge is 0.315 e. The third-order valence-electron chi connectivity index (χ3n) is 2.42. The van der Waals surface area contributed by atoms with E-state index in [1.54, 1.807) is 0 Å². The summed E-state index contributed by atoms with van der Waals surface area (Å²) < 4.78 is 0. The van der Waals surface area contributed by atoms with Gasteiger partial charge in [-0.2, -0.15) is 0 Å². The average Bonchev–Trinajstić information content (AvgIpc) is 2.16. The van der Waals surface area contributed by atoms with Crippen molar-refractivity contribution in [2.24, 2.45) is 0 Å². The third-order valence-corrected chi connectivity index (χ3v) is 2.42. The van der Waals surface area contributed by atoms with Crippen LogP contribution >= 0.6 is 0 Å². The van der Waals surface area contributed by atoms with Crippen molar-refractivity contribution in [2.75, 3.05) is 33.2 Å². The Morgan fingerprint density at radius 2 is 1.77 bits per heavy atom. The Balaban J connectivity index is 2.91. The minimum atomic E-state index is 1.14. The highest BCUT2D eigenvalue weighted by Crippen LogP contribution is 1.96. The topological polar surface area (TPSA) is 15.3 Å². The molecule has 0 rings (SSSR count). The number of hydrogen-bond donors (Lipinski definition) is 1. The Kier molecular flexibility index (Phi) is 9.94. The van der Waals surface area contributed by atoms with Crippen molar-refractivity contribution in [3.05, 3.63) is 0 Å². The molecule has 0 amide bonds. The molecule has 0 spiro atoms. The SMILES string of the molecule is CCCCCCNCCN(C)CC. The molecule has 0 aliphatic heterocycles. The Morgan fingerprint density at radius 1 is 1.00 bits per heavy atom. The molecule has 0 atom stereocenters. The van der Waals surface area contributed by atoms with Crippen molar-refractivity contribution in [1.82, 2.24) is 10.2 Å². The third kappa shape index (κ3) is 9.84. The van der Waals surface area contributed by atoms with Gasteiger partial charge in [0.25, 0.3) is 0 Å². The van der Waals surface area contributed by atoms with Crippen LogP contribution in [0.4, 0.5) is 0 Å². The minimum Gasteiger partial charge on any atom is -0.315 e. The Morgan fingerprint density at radius 3 is 2.38 bits per heavy atom. The minimum absolute atomic E-state index is 1.14. The lowest BCUT2D eigenvalue weighted by Gasteiger charge is -2.13. The molecule has 0 heterocycles. The van der Waals surface area contributed by atoms with E-state index >= 15 is 0 Å². The smallest absolute Gasteiger partial charge is 0.0104 e. The number of hydrogen-bond acceptors (Lipinski definition) is 2. The Hall–Kier alpha value is -0.0800. The Labute approximate surface area is 83.7 Å². The van der Waals surface area contributed by atoms with Crippen molar-refractivity contribution in [2.45, 2.75) is 39.5 Å². The van der Waals surface area contributed by atoms with Gasteiger partial charge in [0, 0.05) is 13.1 Å². The van der Waals surface area contributed by atoms with Crippen LogP contribution in [0.1, 0.15) is 39.5 Å². The monoisotopic (exact) mass is 186 g/mol. The molecule has 1 N–H and O–H groups in total. The molecule has 0 aromatic carbocycles. The van der Waals surface area contributed by atoms with Gasteiger partial charge in [-0.05, 0) is 26.6 Å². The van der Waals surface area contributed by atoms with Crippen molar-refractivity contribution in [1.29, 1.82) is 0 Å². The molecular weight excluding hydrogens is 160 g/mol. The second kappa shape index (κ2) is 10.0. The van der Waals surface area contributed by atoms with Crippen LogP contribution in [0.5, 0.6) is 0 Å². The van der Waals surface area contributed by atoms with E-state index in [-0.39, 0.29) is 0 Å². The normalized spacial score (nSPS) is 11.1. The van der Waals surface area contributed by atoms with E-state index in [4.69, 9.17) is 0 Å². The molecule has 0 aliphatic rings. The van der Waals surface area contributed by atoms with E-state index in [1.807, 2.05) is 0 Å². The first-order valence-electron chi connectivity index (χ1n) is 5.70. The maximum atomic E-state index is 3.47. The van der Waals surface area contributed by atoms with Crippen LogP contribution in [0, 0.1) is 0 Å². The summed E-state index contributed by atoms with van der Waals surface area (Å²) in [5.74, 6) is 0. The van der Waals surface area contributed by atoms with Crippen molar-refractivity contribution >= 4 is 0 Å². The summed E-state index contributed by atoms with van der Waals surface area (Å²) in [4.78, 5) is 2.33. The van der Waals surface area contributed by atoms with Gasteiger partial charge in [-0.15, -0.1) is 0 Å². The molecule has 0 aromatic heterocycles. The van der Waals surface area contributed by atoms with Crippen molar-refractivity contribution in [3.8, 4) is 0 Å². The molecule has 2 nitrogen and oxygen atoms in total. The highest BCUT2D eigenvalue weighted by molar-refractivity contribution is 4.53. The fourth-order valence-electron chi connectivity index (χ4n) is 1.23. The second-order valence-corrected chi connectivity index (χ2v) is 3.71. The van der Waals surface area contributed by atoms with Crippen LogP contribution in [0.15, 0.2) is 0 Å². The number of rotatable bonds is 9. The van der Waals surface area contributed by atoms with E-state index in [1.165, 1.54) is 38.8 Å². The number of unbranched alkanes of at least 4 members (excludes halogenated alkanes) is 3. The van der Waals surface area contributed by atoms with E-state index in [2.05, 4.69) is 31.1 Å². The molecule has 0 saturated heterocycles. The lowest BCUT2D eigenvalue weighted by Crippen LogP contribution is -2.29. The van der Waals surface area contributed by atoms with Crippen LogP contribution < -0.4 is 5.32 Å². The number of nitrogens with one attached hydrogen (secondary N) is 1. The predicted octanol–water partition coefficient (Wildman–Crippen LogP) is 2.11. The summed E-state index contributed by atoms with van der Waals surface area (Å²) in [7, 11) is 2.17. The molecule has 0 saturated carbocycles. The highest BCUT2D eigenvalue weighted by Gasteiger charge is 1.92. The predicted molar refractivity (Wildman–Crippen MR) is 60.2 cm³/mol. The summed E-state index contributed by atoms with van der Waals surface area (Å²) in [5, 5.41) is 3.47. The van der Waals surface area contributed by atoms with Gasteiger partial charge in [-0.1, -0.05) is 33.1 Å². The van der Waals surface area contributed by atoms with Gasteiger partial charge in [-0.25, -0.2) is 0 Å². The van der Waals surface area contributed by atoms with Crippen LogP contribution in [0.2, 0.25) is 0 Å². The lowest BCUT2D eigenvalue weighted by atomic mass is 10.2. The number of nitrogens with zero attached hydrogens (tertiary/aromatic N) is 1. The van der Waals surface area contributed by atoms with E-state index in [9.17, 15) is 0 Å². The fraction of sp³-hybridized carbons (Fsp3) is 1.00. The van der Waals surface area contributed by atoms with E-state index in [0.717, 1.165) is 13.1 Å². The quantitative estimate of drug-likeness (QED) is 0.555. The zero-order valence-corrected chi connectivity index (χ0v) is 9.60. The van der Waals surface area contributed by atoms with Crippen LogP contribution in [0.3, 0.4) is 0 Å². The zero-order chi connectivity index (χ0) is 9.94. The molecule has 0 unspecified atom stereocenters. The van der Waals surface area contributed by atoms with Gasteiger partial charge in [0.05, 0.1) is 0 Å². The van der Waals surface area contributed by atoms with Crippen LogP contribution in [-0.2, 0) is 0 Å². The summed E-state index contributed by atoms with van der Waals surface area (Å²) in [6.45, 7) is 9.10. The highest BCUT2D eigenvalue weighted by atomic mass is 15.1. The zero-order valence-electron chi connectivity index (χ0n) is 9.60. The van der Waals surface area contributed by atoms with E-state index < -0.39 is 0 Å². The first-order chi connectivity index (χ1) is 6.31. The van der Waals surface area contributed by atoms with Crippen molar-refractivity contribution < 1.29 is 0 Å². The number of likely N-dealkylation sites (N-methyl/N-ethyl adjacent to an activating group) is 1. The van der Waals surface area contributed by atoms with Gasteiger partial charge < -0.3 is 10.2 Å². The molecule has 80 valence electrons. The molecule has 0 aromatic rings. The molecule has 0 bridgehead atoms. The lowest BCUT2D eigenvalue weighted by molar-refractivity contribution is 0.348. The summed E-state index contributed by atoms with van der Waals surface area (Å²) in [6, 6.07) is 0. The summed E-state index contributed by atoms with van der Waals surface area (Å²) in [6.07, 6.45) is 5.44. The van der Waals surface area contributed by atoms with Gasteiger partial charge in [0.1, 0.15) is 0 Å². The molecule has 0 aliphatic carbocycles. The standard InChI is InChI=1S/C11H26N2/c1-4-6-7-8-9-12-10-11-13(3)5-2/h12H,4-11H2,1-3H3. The molecule has 13 heavy (non-hydrogen) atoms. The maximum Gasteiger partial charge on any atom is 0.0104 e. The van der Waals surface area contributed by atoms with Gasteiger partial charge in [-0.3, -0.25) is 0 Å². The van der Waals surface area contributed by atoms with Gasteiger partial charge >= 0.3 is 0 Å². The average molecular weight is 186 g/mol. The van der Waals surface area contributed by atoms with E-state index in [0.29, 0.717) is 0 Å². The van der Waals surface area contributed by atoms with Gasteiger partial charge in [0.2, 0.25) is 0 Å². The molecular formula is C11H26N2. The summed E-state index contributed by atoms with van der Waals surface area (Å²) in [5.41, 5.74) is 0. The van der Waals surface area contributed by atoms with Gasteiger partial charge in [0.15, 0.2) is 0 Å². The van der Waals surface area contributed by atoms with Crippen LogP contribution in [-0.4, -0.2) is 38.1 Å². The second-order valence-electron chi connectivity index (χ2n) is 3.71. The molecule has 2 heteroatoms.